The molecule has 1 aromatic rings. The summed E-state index contributed by atoms with van der Waals surface area (Å²) in [5, 5.41) is 2.46. The molecule has 1 aliphatic heterocycles. The van der Waals surface area contributed by atoms with Gasteiger partial charge in [0.2, 0.25) is 0 Å². The first-order valence-electron chi connectivity index (χ1n) is 3.65. The molecule has 1 amide bonds. The third-order valence-electron chi connectivity index (χ3n) is 1.24. The maximum absolute atomic E-state index is 9.91. The van der Waals surface area contributed by atoms with Crippen LogP contribution in [0.25, 0.3) is 0 Å². The minimum absolute atomic E-state index is 0.296. The molecule has 0 aromatic carbocycles. The standard InChI is InChI=1S/C4H6N2.C3H5NO2/c1-4-5-2-3-6-4;5-3-4-1-2-6-3/h2-3H,1H3,(H,5,6);1-2H2,(H,4,5). The van der Waals surface area contributed by atoms with Gasteiger partial charge in [0.1, 0.15) is 12.4 Å². The van der Waals surface area contributed by atoms with Gasteiger partial charge in [-0.1, -0.05) is 0 Å². The summed E-state index contributed by atoms with van der Waals surface area (Å²) in [5.74, 6) is 0.968. The highest BCUT2D eigenvalue weighted by molar-refractivity contribution is 5.68. The van der Waals surface area contributed by atoms with Crippen molar-refractivity contribution in [2.75, 3.05) is 13.2 Å². The number of nitrogens with zero attached hydrogens (tertiary/aromatic N) is 1. The molecule has 0 bridgehead atoms. The molecule has 1 saturated heterocycles. The van der Waals surface area contributed by atoms with Crippen LogP contribution in [0.5, 0.6) is 0 Å². The van der Waals surface area contributed by atoms with E-state index in [0.29, 0.717) is 13.2 Å². The van der Waals surface area contributed by atoms with Gasteiger partial charge in [-0.25, -0.2) is 9.78 Å². The quantitative estimate of drug-likeness (QED) is 0.592. The Morgan fingerprint density at radius 3 is 2.67 bits per heavy atom. The Balaban J connectivity index is 0.000000120. The SMILES string of the molecule is Cc1ncc[nH]1.O=C1NCCO1. The predicted octanol–water partition coefficient (Wildman–Crippen LogP) is 0.444. The first kappa shape index (κ1) is 8.58. The van der Waals surface area contributed by atoms with E-state index in [1.807, 2.05) is 6.92 Å². The molecular weight excluding hydrogens is 158 g/mol. The maximum atomic E-state index is 9.91. The number of ether oxygens (including phenoxy) is 1. The number of aromatic nitrogens is 2. The van der Waals surface area contributed by atoms with Crippen LogP contribution in [0.4, 0.5) is 4.79 Å². The molecule has 5 heteroatoms. The number of aromatic amines is 1. The van der Waals surface area contributed by atoms with Crippen molar-refractivity contribution in [3.63, 3.8) is 0 Å². The van der Waals surface area contributed by atoms with Gasteiger partial charge in [0.25, 0.3) is 0 Å². The van der Waals surface area contributed by atoms with Crippen LogP contribution in [0, 0.1) is 6.92 Å². The van der Waals surface area contributed by atoms with Gasteiger partial charge in [-0.3, -0.25) is 0 Å². The number of rotatable bonds is 0. The predicted molar refractivity (Wildman–Crippen MR) is 42.7 cm³/mol. The zero-order valence-electron chi connectivity index (χ0n) is 6.83. The van der Waals surface area contributed by atoms with Crippen molar-refractivity contribution in [2.24, 2.45) is 0 Å². The highest BCUT2D eigenvalue weighted by atomic mass is 16.6. The van der Waals surface area contributed by atoms with Crippen LogP contribution in [0.15, 0.2) is 12.4 Å². The fraction of sp³-hybridized carbons (Fsp3) is 0.429. The zero-order valence-corrected chi connectivity index (χ0v) is 6.83. The van der Waals surface area contributed by atoms with Crippen LogP contribution in [0.2, 0.25) is 0 Å². The van der Waals surface area contributed by atoms with Crippen molar-refractivity contribution in [3.8, 4) is 0 Å². The van der Waals surface area contributed by atoms with Crippen LogP contribution in [0.3, 0.4) is 0 Å². The molecule has 0 saturated carbocycles. The maximum Gasteiger partial charge on any atom is 0.407 e. The molecule has 0 unspecified atom stereocenters. The number of alkyl carbamates (subject to hydrolysis) is 1. The average molecular weight is 169 g/mol. The number of nitrogens with one attached hydrogen (secondary N) is 2. The Morgan fingerprint density at radius 1 is 1.67 bits per heavy atom. The molecule has 2 heterocycles. The molecule has 66 valence electrons. The Morgan fingerprint density at radius 2 is 2.50 bits per heavy atom. The molecule has 0 radical (unpaired) electrons. The summed E-state index contributed by atoms with van der Waals surface area (Å²) in [5.41, 5.74) is 0. The Hall–Kier alpha value is -1.52. The van der Waals surface area contributed by atoms with Crippen LogP contribution in [-0.2, 0) is 4.74 Å². The first-order valence-corrected chi connectivity index (χ1v) is 3.65. The number of amides is 1. The molecule has 0 spiro atoms. The molecule has 12 heavy (non-hydrogen) atoms. The lowest BCUT2D eigenvalue weighted by atomic mass is 10.7. The Labute approximate surface area is 70.1 Å². The van der Waals surface area contributed by atoms with Gasteiger partial charge in [0.05, 0.1) is 6.54 Å². The Bertz CT molecular complexity index is 225. The summed E-state index contributed by atoms with van der Waals surface area (Å²) in [6.07, 6.45) is 3.24. The minimum atomic E-state index is -0.296. The number of carbonyl (C=O) groups excluding carboxylic acids is 1. The number of carbonyl (C=O) groups is 1. The molecule has 0 atom stereocenters. The Kier molecular flexibility index (Phi) is 3.13. The molecule has 0 aliphatic carbocycles. The van der Waals surface area contributed by atoms with E-state index >= 15 is 0 Å². The summed E-state index contributed by atoms with van der Waals surface area (Å²) < 4.78 is 4.40. The number of cyclic esters (lactones) is 1. The van der Waals surface area contributed by atoms with E-state index in [1.54, 1.807) is 12.4 Å². The van der Waals surface area contributed by atoms with Crippen molar-refractivity contribution in [2.45, 2.75) is 6.92 Å². The summed E-state index contributed by atoms with van der Waals surface area (Å²) in [6, 6.07) is 0. The van der Waals surface area contributed by atoms with E-state index in [1.165, 1.54) is 0 Å². The van der Waals surface area contributed by atoms with Gasteiger partial charge in [0.15, 0.2) is 0 Å². The molecule has 5 nitrogen and oxygen atoms in total. The van der Waals surface area contributed by atoms with Gasteiger partial charge in [-0.2, -0.15) is 0 Å². The van der Waals surface area contributed by atoms with Crippen molar-refractivity contribution >= 4 is 6.09 Å². The number of aryl methyl sites for hydroxylation is 1. The smallest absolute Gasteiger partial charge is 0.407 e. The third-order valence-corrected chi connectivity index (χ3v) is 1.24. The van der Waals surface area contributed by atoms with Crippen molar-refractivity contribution in [1.82, 2.24) is 15.3 Å². The molecule has 1 aliphatic rings. The lowest BCUT2D eigenvalue weighted by molar-refractivity contribution is 0.178. The summed E-state index contributed by atoms with van der Waals surface area (Å²) >= 11 is 0. The first-order chi connectivity index (χ1) is 5.79. The minimum Gasteiger partial charge on any atom is -0.448 e. The molecular formula is C7H11N3O2. The number of imidazole rings is 1. The van der Waals surface area contributed by atoms with Crippen LogP contribution < -0.4 is 5.32 Å². The topological polar surface area (TPSA) is 67.0 Å². The van der Waals surface area contributed by atoms with Crippen molar-refractivity contribution < 1.29 is 9.53 Å². The van der Waals surface area contributed by atoms with Crippen molar-refractivity contribution in [3.05, 3.63) is 18.2 Å². The number of H-pyrrole nitrogens is 1. The second-order valence-electron chi connectivity index (χ2n) is 2.24. The second-order valence-corrected chi connectivity index (χ2v) is 2.24. The molecule has 1 fully saturated rings. The van der Waals surface area contributed by atoms with Gasteiger partial charge in [0, 0.05) is 12.4 Å². The summed E-state index contributed by atoms with van der Waals surface area (Å²) in [4.78, 5) is 16.7. The molecule has 1 aromatic heterocycles. The van der Waals surface area contributed by atoms with Crippen LogP contribution in [0.1, 0.15) is 5.82 Å². The lowest BCUT2D eigenvalue weighted by Crippen LogP contribution is -2.11. The third kappa shape index (κ3) is 3.05. The second kappa shape index (κ2) is 4.38. The highest BCUT2D eigenvalue weighted by Crippen LogP contribution is 1.82. The number of hydrogen-bond acceptors (Lipinski definition) is 3. The van der Waals surface area contributed by atoms with E-state index < -0.39 is 0 Å². The summed E-state index contributed by atoms with van der Waals surface area (Å²) in [7, 11) is 0. The van der Waals surface area contributed by atoms with E-state index in [-0.39, 0.29) is 6.09 Å². The van der Waals surface area contributed by atoms with Gasteiger partial charge >= 0.3 is 6.09 Å². The van der Waals surface area contributed by atoms with Crippen molar-refractivity contribution in [1.29, 1.82) is 0 Å². The van der Waals surface area contributed by atoms with Crippen LogP contribution >= 0.6 is 0 Å². The average Bonchev–Trinajstić information content (AvgIpc) is 2.63. The largest absolute Gasteiger partial charge is 0.448 e. The van der Waals surface area contributed by atoms with E-state index in [4.69, 9.17) is 0 Å². The summed E-state index contributed by atoms with van der Waals surface area (Å²) in [6.45, 7) is 3.11. The normalized spacial score (nSPS) is 14.2. The zero-order chi connectivity index (χ0) is 8.81. The number of hydrogen-bond donors (Lipinski definition) is 2. The van der Waals surface area contributed by atoms with E-state index in [0.717, 1.165) is 5.82 Å². The molecule has 2 N–H and O–H groups in total. The van der Waals surface area contributed by atoms with E-state index in [9.17, 15) is 4.79 Å². The van der Waals surface area contributed by atoms with Gasteiger partial charge in [-0.05, 0) is 6.92 Å². The van der Waals surface area contributed by atoms with Crippen LogP contribution in [-0.4, -0.2) is 29.2 Å². The molecule has 2 rings (SSSR count). The lowest BCUT2D eigenvalue weighted by Gasteiger charge is -1.80. The fourth-order valence-corrected chi connectivity index (χ4v) is 0.692. The van der Waals surface area contributed by atoms with E-state index in [2.05, 4.69) is 20.0 Å². The fourth-order valence-electron chi connectivity index (χ4n) is 0.692. The monoisotopic (exact) mass is 169 g/mol. The highest BCUT2D eigenvalue weighted by Gasteiger charge is 2.06. The van der Waals surface area contributed by atoms with Gasteiger partial charge in [-0.15, -0.1) is 0 Å². The van der Waals surface area contributed by atoms with Gasteiger partial charge < -0.3 is 15.0 Å².